The predicted octanol–water partition coefficient (Wildman–Crippen LogP) is -4.34. The molecule has 0 fully saturated rings. The van der Waals surface area contributed by atoms with Crippen LogP contribution >= 0.6 is 0 Å². The molecule has 0 amide bonds. The molecular formula is IO4Pd2S+. The Morgan fingerprint density at radius 3 is 1.00 bits per heavy atom. The van der Waals surface area contributed by atoms with Gasteiger partial charge in [-0.1, -0.05) is 0 Å². The molecule has 0 N–H and O–H groups in total. The Balaban J connectivity index is -0.0000000267. The standard InChI is InChI=1S/HI.H2O4S.2Pd/c;1-5(2,3)4;;/h1H;(H2,1,2,3,4);;/q;;2*+2/p-3. The molecule has 0 saturated carbocycles. The normalized spacial score (nSPS) is 7.25. The van der Waals surface area contributed by atoms with Gasteiger partial charge in [-0.25, -0.2) is 0 Å². The van der Waals surface area contributed by atoms with Gasteiger partial charge in [-0.3, -0.25) is 8.42 Å². The molecule has 0 unspecified atom stereocenters. The molecule has 0 aliphatic carbocycles. The second-order valence-electron chi connectivity index (χ2n) is 0.408. The zero-order valence-corrected chi connectivity index (χ0v) is 9.13. The number of hydrogen-bond acceptors (Lipinski definition) is 4. The molecular weight excluding hydrogens is 436 g/mol. The smallest absolute Gasteiger partial charge is 1.00 e. The fraction of sp³-hybridized carbons (Fsp3) is 0. The predicted molar refractivity (Wildman–Crippen MR) is 10.5 cm³/mol. The molecule has 0 atom stereocenters. The quantitative estimate of drug-likeness (QED) is 0.167. The van der Waals surface area contributed by atoms with Crippen molar-refractivity contribution < 1.29 is 82.3 Å². The molecule has 0 aliphatic rings. The Kier molecular flexibility index (Phi) is 25.1. The van der Waals surface area contributed by atoms with E-state index in [9.17, 15) is 0 Å². The van der Waals surface area contributed by atoms with E-state index < -0.39 is 10.4 Å². The molecule has 0 aromatic heterocycles. The van der Waals surface area contributed by atoms with Crippen molar-refractivity contribution in [2.75, 3.05) is 0 Å². The fourth-order valence-electron chi connectivity index (χ4n) is 0. The Morgan fingerprint density at radius 1 is 1.00 bits per heavy atom. The molecule has 0 aliphatic heterocycles. The molecule has 56 valence electrons. The summed E-state index contributed by atoms with van der Waals surface area (Å²) in [5, 5.41) is 0. The third-order valence-corrected chi connectivity index (χ3v) is 0. The summed E-state index contributed by atoms with van der Waals surface area (Å²) in [6.45, 7) is 0. The summed E-state index contributed by atoms with van der Waals surface area (Å²) in [7, 11) is -5.17. The number of rotatable bonds is 0. The van der Waals surface area contributed by atoms with E-state index in [1.54, 1.807) is 0 Å². The van der Waals surface area contributed by atoms with Crippen LogP contribution in [0.4, 0.5) is 0 Å². The Hall–Kier alpha value is 1.92. The van der Waals surface area contributed by atoms with Crippen LogP contribution in [0, 0.1) is 0 Å². The van der Waals surface area contributed by atoms with E-state index >= 15 is 0 Å². The molecule has 0 aromatic carbocycles. The van der Waals surface area contributed by atoms with Gasteiger partial charge < -0.3 is 33.1 Å². The maximum absolute atomic E-state index is 8.52. The van der Waals surface area contributed by atoms with Gasteiger partial charge in [0, 0.05) is 10.4 Å². The van der Waals surface area contributed by atoms with Crippen molar-refractivity contribution in [3.8, 4) is 0 Å². The monoisotopic (exact) mass is 435 g/mol. The molecule has 0 spiro atoms. The van der Waals surface area contributed by atoms with E-state index in [0.29, 0.717) is 0 Å². The van der Waals surface area contributed by atoms with Crippen LogP contribution < -0.4 is 24.0 Å². The van der Waals surface area contributed by atoms with Gasteiger partial charge in [-0.2, -0.15) is 0 Å². The van der Waals surface area contributed by atoms with Crippen molar-refractivity contribution in [1.82, 2.24) is 0 Å². The van der Waals surface area contributed by atoms with Crippen LogP contribution in [0.15, 0.2) is 0 Å². The molecule has 0 rings (SSSR count). The summed E-state index contributed by atoms with van der Waals surface area (Å²) in [5.74, 6) is 0. The minimum atomic E-state index is -5.17. The molecule has 0 aromatic rings. The summed E-state index contributed by atoms with van der Waals surface area (Å²) in [4.78, 5) is 0. The number of hydrogen-bond donors (Lipinski definition) is 0. The Bertz CT molecular complexity index is 97.2. The van der Waals surface area contributed by atoms with Gasteiger partial charge in [0.25, 0.3) is 0 Å². The van der Waals surface area contributed by atoms with E-state index in [0.717, 1.165) is 0 Å². The van der Waals surface area contributed by atoms with Crippen molar-refractivity contribution >= 4 is 10.4 Å². The third kappa shape index (κ3) is 103. The van der Waals surface area contributed by atoms with Crippen molar-refractivity contribution in [2.45, 2.75) is 0 Å². The van der Waals surface area contributed by atoms with Crippen molar-refractivity contribution in [3.05, 3.63) is 0 Å². The summed E-state index contributed by atoms with van der Waals surface area (Å²) in [6.07, 6.45) is 0. The van der Waals surface area contributed by atoms with E-state index in [1.165, 1.54) is 0 Å². The molecule has 0 radical (unpaired) electrons. The van der Waals surface area contributed by atoms with Gasteiger partial charge in [-0.05, 0) is 0 Å². The third-order valence-electron chi connectivity index (χ3n) is 0. The van der Waals surface area contributed by atoms with Gasteiger partial charge in [0.05, 0.1) is 0 Å². The van der Waals surface area contributed by atoms with E-state index in [2.05, 4.69) is 0 Å². The minimum absolute atomic E-state index is 0. The Morgan fingerprint density at radius 2 is 1.00 bits per heavy atom. The molecule has 8 heteroatoms. The second-order valence-corrected chi connectivity index (χ2v) is 1.22. The average molecular weight is 436 g/mol. The maximum Gasteiger partial charge on any atom is 2.00 e. The first kappa shape index (κ1) is 22.5. The second kappa shape index (κ2) is 8.92. The molecule has 0 saturated heterocycles. The van der Waals surface area contributed by atoms with Crippen LogP contribution in [-0.2, 0) is 51.2 Å². The van der Waals surface area contributed by atoms with Crippen LogP contribution in [0.5, 0.6) is 0 Å². The largest absolute Gasteiger partial charge is 2.00 e. The molecule has 8 heavy (non-hydrogen) atoms. The van der Waals surface area contributed by atoms with E-state index in [4.69, 9.17) is 17.5 Å². The van der Waals surface area contributed by atoms with E-state index in [-0.39, 0.29) is 64.8 Å². The van der Waals surface area contributed by atoms with Crippen molar-refractivity contribution in [3.63, 3.8) is 0 Å². The summed E-state index contributed by atoms with van der Waals surface area (Å²) in [5.41, 5.74) is 0. The van der Waals surface area contributed by atoms with Gasteiger partial charge >= 0.3 is 40.8 Å². The minimum Gasteiger partial charge on any atom is -1.00 e. The van der Waals surface area contributed by atoms with Crippen molar-refractivity contribution in [2.24, 2.45) is 0 Å². The van der Waals surface area contributed by atoms with Crippen LogP contribution in [0.25, 0.3) is 0 Å². The van der Waals surface area contributed by atoms with Crippen molar-refractivity contribution in [1.29, 1.82) is 0 Å². The SMILES string of the molecule is O=S(=O)([O-])[O-].[I-].[Pd+2].[Pd+2]. The zero-order valence-electron chi connectivity index (χ0n) is 3.05. The topological polar surface area (TPSA) is 80.3 Å². The first-order valence-electron chi connectivity index (χ1n) is 0.667. The van der Waals surface area contributed by atoms with Gasteiger partial charge in [-0.15, -0.1) is 0 Å². The van der Waals surface area contributed by atoms with Gasteiger partial charge in [0.15, 0.2) is 0 Å². The number of halogens is 1. The average Bonchev–Trinajstić information content (AvgIpc) is 0.722. The first-order chi connectivity index (χ1) is 2.00. The summed E-state index contributed by atoms with van der Waals surface area (Å²) in [6, 6.07) is 0. The van der Waals surface area contributed by atoms with Gasteiger partial charge in [0.2, 0.25) is 0 Å². The van der Waals surface area contributed by atoms with Crippen LogP contribution in [0.3, 0.4) is 0 Å². The fourth-order valence-corrected chi connectivity index (χ4v) is 0. The zero-order chi connectivity index (χ0) is 4.50. The first-order valence-corrected chi connectivity index (χ1v) is 2.00. The Labute approximate surface area is 91.7 Å². The molecule has 0 heterocycles. The van der Waals surface area contributed by atoms with Crippen LogP contribution in [0.1, 0.15) is 0 Å². The van der Waals surface area contributed by atoms with Crippen LogP contribution in [-0.4, -0.2) is 17.5 Å². The molecule has 4 nitrogen and oxygen atoms in total. The van der Waals surface area contributed by atoms with Crippen LogP contribution in [0.2, 0.25) is 0 Å². The summed E-state index contributed by atoms with van der Waals surface area (Å²) < 4.78 is 34.1. The maximum atomic E-state index is 8.52. The van der Waals surface area contributed by atoms with E-state index in [1.807, 2.05) is 0 Å². The molecule has 0 bridgehead atoms. The van der Waals surface area contributed by atoms with Gasteiger partial charge in [0.1, 0.15) is 0 Å². The summed E-state index contributed by atoms with van der Waals surface area (Å²) >= 11 is 0.